The molecule has 2 aliphatic rings. The number of nitrogens with one attached hydrogen (secondary N) is 1. The largest absolute Gasteiger partial charge is 0.485 e. The number of thiophene rings is 1. The second-order valence-electron chi connectivity index (χ2n) is 6.05. The van der Waals surface area contributed by atoms with Crippen LogP contribution in [0.5, 0.6) is 11.5 Å². The summed E-state index contributed by atoms with van der Waals surface area (Å²) in [6.07, 6.45) is 2.77. The molecule has 6 nitrogen and oxygen atoms in total. The summed E-state index contributed by atoms with van der Waals surface area (Å²) in [6, 6.07) is 5.43. The summed E-state index contributed by atoms with van der Waals surface area (Å²) in [4.78, 5) is 17.7. The second-order valence-corrected chi connectivity index (χ2v) is 6.93. The van der Waals surface area contributed by atoms with E-state index in [0.29, 0.717) is 42.4 Å². The Morgan fingerprint density at radius 1 is 1.33 bits per heavy atom. The summed E-state index contributed by atoms with van der Waals surface area (Å²) < 4.78 is 11.1. The minimum absolute atomic E-state index is 0.187. The molecule has 1 aliphatic carbocycles. The third kappa shape index (κ3) is 2.85. The van der Waals surface area contributed by atoms with Gasteiger partial charge in [0.2, 0.25) is 0 Å². The van der Waals surface area contributed by atoms with E-state index in [0.717, 1.165) is 5.69 Å². The van der Waals surface area contributed by atoms with Crippen molar-refractivity contribution in [2.45, 2.75) is 25.0 Å². The third-order valence-corrected chi connectivity index (χ3v) is 5.36. The Kier molecular flexibility index (Phi) is 4.12. The maximum absolute atomic E-state index is 12.8. The Labute approximate surface area is 143 Å². The molecule has 1 fully saturated rings. The number of fused-ring (bicyclic) bond motifs is 1. The van der Waals surface area contributed by atoms with Crippen molar-refractivity contribution in [3.05, 3.63) is 40.3 Å². The van der Waals surface area contributed by atoms with E-state index in [2.05, 4.69) is 10.3 Å². The normalized spacial score (nSPS) is 23.2. The lowest BCUT2D eigenvalue weighted by molar-refractivity contribution is 0.0228. The van der Waals surface area contributed by atoms with E-state index in [1.165, 1.54) is 11.3 Å². The zero-order chi connectivity index (χ0) is 16.5. The van der Waals surface area contributed by atoms with E-state index >= 15 is 0 Å². The summed E-state index contributed by atoms with van der Waals surface area (Å²) in [7, 11) is 0. The lowest BCUT2D eigenvalue weighted by Crippen LogP contribution is -2.41. The molecule has 0 radical (unpaired) electrons. The van der Waals surface area contributed by atoms with Crippen molar-refractivity contribution in [1.82, 2.24) is 10.3 Å². The Balaban J connectivity index is 1.56. The predicted octanol–water partition coefficient (Wildman–Crippen LogP) is 2.16. The van der Waals surface area contributed by atoms with Crippen LogP contribution in [-0.2, 0) is 0 Å². The van der Waals surface area contributed by atoms with Crippen molar-refractivity contribution >= 4 is 17.2 Å². The Morgan fingerprint density at radius 3 is 2.92 bits per heavy atom. The van der Waals surface area contributed by atoms with Crippen LogP contribution in [0, 0.1) is 5.92 Å². The SMILES string of the molecule is O=C(N[C@H](c1ccccn1)C1CC(O)C1)c1scc2c1OCCO2. The molecule has 0 spiro atoms. The molecule has 2 aromatic heterocycles. The average molecular weight is 346 g/mol. The van der Waals surface area contributed by atoms with Gasteiger partial charge < -0.3 is 19.9 Å². The molecule has 1 atom stereocenters. The fourth-order valence-electron chi connectivity index (χ4n) is 3.12. The lowest BCUT2D eigenvalue weighted by Gasteiger charge is -2.37. The number of carbonyl (C=O) groups is 1. The van der Waals surface area contributed by atoms with E-state index in [4.69, 9.17) is 9.47 Å². The minimum atomic E-state index is -0.288. The number of carbonyl (C=O) groups excluding carboxylic acids is 1. The Bertz CT molecular complexity index is 727. The second kappa shape index (κ2) is 6.41. The quantitative estimate of drug-likeness (QED) is 0.887. The molecule has 0 aromatic carbocycles. The van der Waals surface area contributed by atoms with Gasteiger partial charge in [0.1, 0.15) is 18.1 Å². The smallest absolute Gasteiger partial charge is 0.265 e. The van der Waals surface area contributed by atoms with Crippen LogP contribution in [0.1, 0.15) is 34.2 Å². The zero-order valence-corrected chi connectivity index (χ0v) is 13.8. The summed E-state index contributed by atoms with van der Waals surface area (Å²) in [6.45, 7) is 0.948. The van der Waals surface area contributed by atoms with Gasteiger partial charge in [-0.25, -0.2) is 0 Å². The molecule has 4 rings (SSSR count). The van der Waals surface area contributed by atoms with E-state index in [-0.39, 0.29) is 24.0 Å². The molecule has 0 bridgehead atoms. The highest BCUT2D eigenvalue weighted by molar-refractivity contribution is 7.12. The lowest BCUT2D eigenvalue weighted by atomic mass is 9.76. The molecule has 1 saturated carbocycles. The number of hydrogen-bond acceptors (Lipinski definition) is 6. The molecule has 24 heavy (non-hydrogen) atoms. The van der Waals surface area contributed by atoms with E-state index in [1.807, 2.05) is 18.2 Å². The average Bonchev–Trinajstić information content (AvgIpc) is 3.02. The van der Waals surface area contributed by atoms with Gasteiger partial charge in [-0.1, -0.05) is 6.07 Å². The van der Waals surface area contributed by atoms with Gasteiger partial charge in [-0.15, -0.1) is 11.3 Å². The van der Waals surface area contributed by atoms with Crippen LogP contribution in [0.2, 0.25) is 0 Å². The van der Waals surface area contributed by atoms with Crippen molar-refractivity contribution in [2.24, 2.45) is 5.92 Å². The molecule has 1 aliphatic heterocycles. The summed E-state index contributed by atoms with van der Waals surface area (Å²) in [5.41, 5.74) is 0.811. The Hall–Kier alpha value is -2.12. The maximum atomic E-state index is 12.8. The van der Waals surface area contributed by atoms with Crippen LogP contribution in [0.15, 0.2) is 29.8 Å². The highest BCUT2D eigenvalue weighted by Gasteiger charge is 2.37. The molecule has 1 amide bonds. The number of aromatic nitrogens is 1. The first-order valence-electron chi connectivity index (χ1n) is 7.99. The molecule has 3 heterocycles. The first kappa shape index (κ1) is 15.4. The fraction of sp³-hybridized carbons (Fsp3) is 0.412. The summed E-state index contributed by atoms with van der Waals surface area (Å²) in [5, 5.41) is 14.5. The van der Waals surface area contributed by atoms with Crippen molar-refractivity contribution in [2.75, 3.05) is 13.2 Å². The zero-order valence-electron chi connectivity index (χ0n) is 13.0. The number of hydrogen-bond donors (Lipinski definition) is 2. The number of pyridine rings is 1. The number of nitrogens with zero attached hydrogens (tertiary/aromatic N) is 1. The number of amides is 1. The molecule has 0 unspecified atom stereocenters. The highest BCUT2D eigenvalue weighted by Crippen LogP contribution is 2.41. The molecular weight excluding hydrogens is 328 g/mol. The van der Waals surface area contributed by atoms with Gasteiger partial charge in [0.25, 0.3) is 5.91 Å². The van der Waals surface area contributed by atoms with E-state index in [9.17, 15) is 9.90 Å². The van der Waals surface area contributed by atoms with Gasteiger partial charge in [-0.3, -0.25) is 9.78 Å². The van der Waals surface area contributed by atoms with Gasteiger partial charge in [-0.2, -0.15) is 0 Å². The van der Waals surface area contributed by atoms with Crippen LogP contribution >= 0.6 is 11.3 Å². The topological polar surface area (TPSA) is 80.7 Å². The van der Waals surface area contributed by atoms with Crippen molar-refractivity contribution < 1.29 is 19.4 Å². The van der Waals surface area contributed by atoms with Crippen LogP contribution in [0.3, 0.4) is 0 Å². The molecule has 0 saturated heterocycles. The third-order valence-electron chi connectivity index (χ3n) is 4.42. The molecular formula is C17H18N2O4S. The first-order valence-corrected chi connectivity index (χ1v) is 8.87. The molecule has 2 N–H and O–H groups in total. The standard InChI is InChI=1S/C17H18N2O4S/c20-11-7-10(8-11)14(12-3-1-2-4-18-12)19-17(21)16-15-13(9-24-16)22-5-6-23-15/h1-4,9-11,14,20H,5-8H2,(H,19,21)/t10?,11?,14-/m0/s1. The minimum Gasteiger partial charge on any atom is -0.485 e. The first-order chi connectivity index (χ1) is 11.7. The van der Waals surface area contributed by atoms with Crippen molar-refractivity contribution in [3.63, 3.8) is 0 Å². The monoisotopic (exact) mass is 346 g/mol. The van der Waals surface area contributed by atoms with Gasteiger partial charge in [0.05, 0.1) is 17.8 Å². The summed E-state index contributed by atoms with van der Waals surface area (Å²) in [5.74, 6) is 1.15. The van der Waals surface area contributed by atoms with Crippen LogP contribution in [-0.4, -0.2) is 35.3 Å². The summed E-state index contributed by atoms with van der Waals surface area (Å²) >= 11 is 1.32. The Morgan fingerprint density at radius 2 is 2.17 bits per heavy atom. The molecule has 2 aromatic rings. The molecule has 126 valence electrons. The van der Waals surface area contributed by atoms with E-state index in [1.54, 1.807) is 11.6 Å². The van der Waals surface area contributed by atoms with Crippen LogP contribution < -0.4 is 14.8 Å². The van der Waals surface area contributed by atoms with Gasteiger partial charge in [0, 0.05) is 11.6 Å². The number of rotatable bonds is 4. The van der Waals surface area contributed by atoms with E-state index < -0.39 is 0 Å². The fourth-order valence-corrected chi connectivity index (χ4v) is 3.95. The van der Waals surface area contributed by atoms with Gasteiger partial charge in [0.15, 0.2) is 11.5 Å². The van der Waals surface area contributed by atoms with Gasteiger partial charge in [-0.05, 0) is 30.9 Å². The van der Waals surface area contributed by atoms with Crippen LogP contribution in [0.25, 0.3) is 0 Å². The van der Waals surface area contributed by atoms with Crippen molar-refractivity contribution in [3.8, 4) is 11.5 Å². The number of aliphatic hydroxyl groups is 1. The predicted molar refractivity (Wildman–Crippen MR) is 88.5 cm³/mol. The number of aliphatic hydroxyl groups excluding tert-OH is 1. The highest BCUT2D eigenvalue weighted by atomic mass is 32.1. The molecule has 7 heteroatoms. The van der Waals surface area contributed by atoms with Crippen LogP contribution in [0.4, 0.5) is 0 Å². The van der Waals surface area contributed by atoms with Gasteiger partial charge >= 0.3 is 0 Å². The maximum Gasteiger partial charge on any atom is 0.265 e. The van der Waals surface area contributed by atoms with Crippen molar-refractivity contribution in [1.29, 1.82) is 0 Å². The number of ether oxygens (including phenoxy) is 2.